The molecule has 0 aliphatic rings. The maximum atomic E-state index is 11.9. The molecule has 4 N–H and O–H groups in total. The summed E-state index contributed by atoms with van der Waals surface area (Å²) in [6, 6.07) is 14.4. The molecule has 26 heavy (non-hydrogen) atoms. The number of hydrogen-bond donors (Lipinski definition) is 3. The minimum Gasteiger partial charge on any atom is -0.376 e. The van der Waals surface area contributed by atoms with Gasteiger partial charge in [0.2, 0.25) is 15.9 Å². The Bertz CT molecular complexity index is 829. The highest BCUT2D eigenvalue weighted by Gasteiger charge is 2.07. The zero-order valence-electron chi connectivity index (χ0n) is 15.0. The van der Waals surface area contributed by atoms with Crippen molar-refractivity contribution in [1.82, 2.24) is 5.32 Å². The topological polar surface area (TPSA) is 101 Å². The Balaban J connectivity index is 1.73. The second-order valence-corrected chi connectivity index (χ2v) is 7.98. The lowest BCUT2D eigenvalue weighted by Gasteiger charge is -2.10. The van der Waals surface area contributed by atoms with Gasteiger partial charge in [-0.05, 0) is 47.7 Å². The van der Waals surface area contributed by atoms with Crippen molar-refractivity contribution in [2.75, 3.05) is 18.4 Å². The van der Waals surface area contributed by atoms with Gasteiger partial charge in [0.15, 0.2) is 0 Å². The van der Waals surface area contributed by atoms with Crippen LogP contribution in [0.25, 0.3) is 0 Å². The molecule has 0 saturated heterocycles. The highest BCUT2D eigenvalue weighted by Crippen LogP contribution is 2.16. The molecule has 2 aromatic rings. The largest absolute Gasteiger partial charge is 0.376 e. The molecule has 140 valence electrons. The second kappa shape index (κ2) is 8.82. The summed E-state index contributed by atoms with van der Waals surface area (Å²) in [6.45, 7) is 4.95. The first-order valence-corrected chi connectivity index (χ1v) is 10.0. The lowest BCUT2D eigenvalue weighted by molar-refractivity contribution is -0.119. The van der Waals surface area contributed by atoms with Crippen LogP contribution in [0.1, 0.15) is 30.9 Å². The number of rotatable bonds is 8. The Labute approximate surface area is 154 Å². The van der Waals surface area contributed by atoms with E-state index < -0.39 is 10.0 Å². The average molecular weight is 375 g/mol. The maximum Gasteiger partial charge on any atom is 0.239 e. The van der Waals surface area contributed by atoms with Crippen LogP contribution >= 0.6 is 0 Å². The smallest absolute Gasteiger partial charge is 0.239 e. The number of nitrogens with one attached hydrogen (secondary N) is 2. The Morgan fingerprint density at radius 1 is 1.04 bits per heavy atom. The van der Waals surface area contributed by atoms with E-state index in [2.05, 4.69) is 36.6 Å². The molecule has 0 radical (unpaired) electrons. The summed E-state index contributed by atoms with van der Waals surface area (Å²) >= 11 is 0. The summed E-state index contributed by atoms with van der Waals surface area (Å²) in [4.78, 5) is 12.0. The fourth-order valence-electron chi connectivity index (χ4n) is 2.42. The van der Waals surface area contributed by atoms with Gasteiger partial charge in [0, 0.05) is 12.2 Å². The first kappa shape index (κ1) is 19.9. The van der Waals surface area contributed by atoms with Gasteiger partial charge in [-0.2, -0.15) is 0 Å². The summed E-state index contributed by atoms with van der Waals surface area (Å²) in [6.07, 6.45) is 0.611. The van der Waals surface area contributed by atoms with Gasteiger partial charge >= 0.3 is 0 Å². The van der Waals surface area contributed by atoms with Gasteiger partial charge in [-0.25, -0.2) is 13.6 Å². The molecule has 7 heteroatoms. The molecule has 6 nitrogen and oxygen atoms in total. The van der Waals surface area contributed by atoms with Crippen LogP contribution in [0.3, 0.4) is 0 Å². The third kappa shape index (κ3) is 6.16. The van der Waals surface area contributed by atoms with E-state index in [4.69, 9.17) is 5.14 Å². The van der Waals surface area contributed by atoms with Gasteiger partial charge in [0.25, 0.3) is 0 Å². The number of amides is 1. The number of hydrogen-bond acceptors (Lipinski definition) is 4. The molecule has 1 amide bonds. The van der Waals surface area contributed by atoms with Crippen molar-refractivity contribution in [3.8, 4) is 0 Å². The molecule has 0 fully saturated rings. The first-order chi connectivity index (χ1) is 12.3. The van der Waals surface area contributed by atoms with E-state index in [-0.39, 0.29) is 17.3 Å². The predicted octanol–water partition coefficient (Wildman–Crippen LogP) is 2.23. The van der Waals surface area contributed by atoms with Crippen LogP contribution in [0.4, 0.5) is 5.69 Å². The van der Waals surface area contributed by atoms with Crippen molar-refractivity contribution in [2.24, 2.45) is 5.14 Å². The molecule has 2 rings (SSSR count). The molecule has 0 heterocycles. The first-order valence-electron chi connectivity index (χ1n) is 8.48. The summed E-state index contributed by atoms with van der Waals surface area (Å²) in [5, 5.41) is 11.0. The van der Waals surface area contributed by atoms with Crippen molar-refractivity contribution in [1.29, 1.82) is 0 Å². The zero-order chi connectivity index (χ0) is 19.2. The van der Waals surface area contributed by atoms with E-state index in [9.17, 15) is 13.2 Å². The third-order valence-electron chi connectivity index (χ3n) is 4.02. The van der Waals surface area contributed by atoms with E-state index >= 15 is 0 Å². The minimum absolute atomic E-state index is 0.0815. The van der Waals surface area contributed by atoms with Crippen molar-refractivity contribution >= 4 is 21.6 Å². The average Bonchev–Trinajstić information content (AvgIpc) is 2.60. The summed E-state index contributed by atoms with van der Waals surface area (Å²) < 4.78 is 22.4. The number of anilines is 1. The van der Waals surface area contributed by atoms with E-state index in [0.29, 0.717) is 18.9 Å². The molecule has 0 aliphatic carbocycles. The van der Waals surface area contributed by atoms with Crippen molar-refractivity contribution in [3.05, 3.63) is 59.7 Å². The number of carbonyl (C=O) groups excluding carboxylic acids is 1. The van der Waals surface area contributed by atoms with E-state index in [1.807, 2.05) is 12.1 Å². The van der Waals surface area contributed by atoms with Crippen LogP contribution in [-0.4, -0.2) is 27.4 Å². The molecular weight excluding hydrogens is 350 g/mol. The summed E-state index contributed by atoms with van der Waals surface area (Å²) in [5.74, 6) is 0.380. The van der Waals surface area contributed by atoms with Crippen LogP contribution < -0.4 is 15.8 Å². The summed E-state index contributed by atoms with van der Waals surface area (Å²) in [7, 11) is -3.67. The molecule has 0 saturated carbocycles. The Hall–Kier alpha value is -2.38. The van der Waals surface area contributed by atoms with Crippen molar-refractivity contribution in [3.63, 3.8) is 0 Å². The van der Waals surface area contributed by atoms with Gasteiger partial charge in [-0.15, -0.1) is 0 Å². The van der Waals surface area contributed by atoms with Gasteiger partial charge in [0.05, 0.1) is 11.4 Å². The van der Waals surface area contributed by atoms with E-state index in [0.717, 1.165) is 11.3 Å². The Morgan fingerprint density at radius 3 is 2.19 bits per heavy atom. The zero-order valence-corrected chi connectivity index (χ0v) is 15.8. The molecular formula is C19H25N3O3S. The van der Waals surface area contributed by atoms with Gasteiger partial charge in [0.1, 0.15) is 0 Å². The van der Waals surface area contributed by atoms with Gasteiger partial charge < -0.3 is 10.6 Å². The molecule has 2 aromatic carbocycles. The standard InChI is InChI=1S/C19H25N3O3S/c1-14(2)16-5-7-17(8-6-16)22-13-19(23)21-12-11-15-3-9-18(10-4-15)26(20,24)25/h3-10,14,22H,11-13H2,1-2H3,(H,21,23)(H2,20,24,25). The number of carbonyl (C=O) groups is 1. The summed E-state index contributed by atoms with van der Waals surface area (Å²) in [5.41, 5.74) is 3.09. The Morgan fingerprint density at radius 2 is 1.65 bits per heavy atom. The second-order valence-electron chi connectivity index (χ2n) is 6.42. The molecule has 0 bridgehead atoms. The third-order valence-corrected chi connectivity index (χ3v) is 4.95. The Kier molecular flexibility index (Phi) is 6.76. The van der Waals surface area contributed by atoms with Crippen LogP contribution in [-0.2, 0) is 21.2 Å². The lowest BCUT2D eigenvalue weighted by Crippen LogP contribution is -2.31. The quantitative estimate of drug-likeness (QED) is 0.658. The van der Waals surface area contributed by atoms with Crippen molar-refractivity contribution in [2.45, 2.75) is 31.1 Å². The maximum absolute atomic E-state index is 11.9. The van der Waals surface area contributed by atoms with Crippen LogP contribution in [0.15, 0.2) is 53.4 Å². The highest BCUT2D eigenvalue weighted by molar-refractivity contribution is 7.89. The molecule has 0 atom stereocenters. The lowest BCUT2D eigenvalue weighted by atomic mass is 10.0. The number of nitrogens with two attached hydrogens (primary N) is 1. The number of benzene rings is 2. The van der Waals surface area contributed by atoms with Crippen LogP contribution in [0, 0.1) is 0 Å². The molecule has 0 aliphatic heterocycles. The van der Waals surface area contributed by atoms with Gasteiger partial charge in [-0.1, -0.05) is 38.1 Å². The van der Waals surface area contributed by atoms with Crippen LogP contribution in [0.2, 0.25) is 0 Å². The van der Waals surface area contributed by atoms with Crippen LogP contribution in [0.5, 0.6) is 0 Å². The fourth-order valence-corrected chi connectivity index (χ4v) is 2.94. The van der Waals surface area contributed by atoms with Gasteiger partial charge in [-0.3, -0.25) is 4.79 Å². The van der Waals surface area contributed by atoms with E-state index in [1.165, 1.54) is 17.7 Å². The predicted molar refractivity (Wildman–Crippen MR) is 104 cm³/mol. The monoisotopic (exact) mass is 375 g/mol. The fraction of sp³-hybridized carbons (Fsp3) is 0.316. The van der Waals surface area contributed by atoms with E-state index in [1.54, 1.807) is 12.1 Å². The highest BCUT2D eigenvalue weighted by atomic mass is 32.2. The number of primary sulfonamides is 1. The van der Waals surface area contributed by atoms with Crippen molar-refractivity contribution < 1.29 is 13.2 Å². The SMILES string of the molecule is CC(C)c1ccc(NCC(=O)NCCc2ccc(S(N)(=O)=O)cc2)cc1. The normalized spacial score (nSPS) is 11.4. The molecule has 0 unspecified atom stereocenters. The molecule has 0 spiro atoms. The number of sulfonamides is 1. The molecule has 0 aromatic heterocycles. The minimum atomic E-state index is -3.67.